The fourth-order valence-electron chi connectivity index (χ4n) is 0. The van der Waals surface area contributed by atoms with Crippen molar-refractivity contribution in [3.05, 3.63) is 10.1 Å². The van der Waals surface area contributed by atoms with E-state index in [0.29, 0.717) is 0 Å². The van der Waals surface area contributed by atoms with E-state index in [1.807, 2.05) is 0 Å². The summed E-state index contributed by atoms with van der Waals surface area (Å²) in [7, 11) is 0. The third kappa shape index (κ3) is 599. The zero-order valence-electron chi connectivity index (χ0n) is 1.58. The van der Waals surface area contributed by atoms with Crippen molar-refractivity contribution in [3.8, 4) is 0 Å². The van der Waals surface area contributed by atoms with Gasteiger partial charge in [0.1, 0.15) is 0 Å². The Hall–Kier alpha value is 0.0623. The first kappa shape index (κ1) is 4.06. The van der Waals surface area contributed by atoms with E-state index in [4.69, 9.17) is 10.1 Å². The molecule has 0 spiro atoms. The van der Waals surface area contributed by atoms with Crippen LogP contribution in [0.15, 0.2) is 0 Å². The molecule has 27 valence electrons. The number of hydrogen-bond donors (Lipinski definition) is 0. The third-order valence-electron chi connectivity index (χ3n) is 0. The Balaban J connectivity index is 2.80. The van der Waals surface area contributed by atoms with Gasteiger partial charge in [-0.15, -0.1) is 0 Å². The molecule has 0 saturated carbocycles. The summed E-state index contributed by atoms with van der Waals surface area (Å²) in [4.78, 5) is 8.74. The monoisotopic (exact) mass is 152 g/mol. The second kappa shape index (κ2) is 1.39. The molecular formula is NO2Pd. The first-order chi connectivity index (χ1) is 1.73. The van der Waals surface area contributed by atoms with Crippen LogP contribution in [0, 0.1) is 10.1 Å². The van der Waals surface area contributed by atoms with Crippen molar-refractivity contribution in [2.24, 2.45) is 0 Å². The van der Waals surface area contributed by atoms with Gasteiger partial charge in [-0.3, -0.25) is 0 Å². The van der Waals surface area contributed by atoms with Gasteiger partial charge in [0.25, 0.3) is 0 Å². The fourth-order valence-corrected chi connectivity index (χ4v) is 0. The summed E-state index contributed by atoms with van der Waals surface area (Å²) >= 11 is 1.77. The fraction of sp³-hybridized carbons (Fsp3) is 0. The summed E-state index contributed by atoms with van der Waals surface area (Å²) in [5.41, 5.74) is 0. The van der Waals surface area contributed by atoms with E-state index in [2.05, 4.69) is 0 Å². The molecule has 0 aliphatic rings. The van der Waals surface area contributed by atoms with Gasteiger partial charge in [0, 0.05) is 0 Å². The summed E-state index contributed by atoms with van der Waals surface area (Å²) in [5, 5.41) is 8.74. The van der Waals surface area contributed by atoms with Crippen molar-refractivity contribution < 1.29 is 23.0 Å². The molecule has 0 saturated heterocycles. The molecule has 0 aliphatic carbocycles. The van der Waals surface area contributed by atoms with Gasteiger partial charge in [-0.1, -0.05) is 0 Å². The molecule has 0 aliphatic heterocycles. The van der Waals surface area contributed by atoms with Crippen LogP contribution in [0.5, 0.6) is 0 Å². The molecule has 4 heteroatoms. The van der Waals surface area contributed by atoms with Crippen molar-refractivity contribution in [3.63, 3.8) is 0 Å². The average Bonchev–Trinajstić information content (AvgIpc) is 0.811. The van der Waals surface area contributed by atoms with Crippen LogP contribution in [0.1, 0.15) is 0 Å². The normalized spacial score (nSPS) is 6.50. The van der Waals surface area contributed by atoms with Crippen molar-refractivity contribution in [1.29, 1.82) is 0 Å². The molecule has 0 radical (unpaired) electrons. The Morgan fingerprint density at radius 1 is 2.00 bits per heavy atom. The quantitative estimate of drug-likeness (QED) is 0.272. The van der Waals surface area contributed by atoms with Crippen LogP contribution in [-0.2, 0) is 19.4 Å². The molecule has 0 fully saturated rings. The van der Waals surface area contributed by atoms with E-state index < -0.39 is 3.56 Å². The second-order valence-corrected chi connectivity index (χ2v) is 0.758. The second-order valence-electron chi connectivity index (χ2n) is 0.190. The molecule has 0 heterocycles. The van der Waals surface area contributed by atoms with Crippen LogP contribution >= 0.6 is 0 Å². The predicted octanol–water partition coefficient (Wildman–Crippen LogP) is -0.275. The van der Waals surface area contributed by atoms with Gasteiger partial charge in [-0.2, -0.15) is 0 Å². The Labute approximate surface area is 33.8 Å². The Kier molecular flexibility index (Phi) is 1.41. The number of nitrogens with zero attached hydrogens (tertiary/aromatic N) is 1. The molecule has 0 unspecified atom stereocenters. The van der Waals surface area contributed by atoms with Crippen LogP contribution in [0.25, 0.3) is 0 Å². The van der Waals surface area contributed by atoms with E-state index in [1.54, 1.807) is 19.4 Å². The standard InChI is InChI=1S/NO2.Pd/c2-1-3;. The molecular weight excluding hydrogens is 152 g/mol. The first-order valence-electron chi connectivity index (χ1n) is 0.507. The summed E-state index contributed by atoms with van der Waals surface area (Å²) in [5.74, 6) is 0. The van der Waals surface area contributed by atoms with Gasteiger partial charge in [-0.05, 0) is 0 Å². The minimum absolute atomic E-state index is 0.650. The van der Waals surface area contributed by atoms with Crippen LogP contribution in [0.4, 0.5) is 0 Å². The van der Waals surface area contributed by atoms with Gasteiger partial charge in [0.15, 0.2) is 0 Å². The molecule has 0 aromatic rings. The van der Waals surface area contributed by atoms with Crippen LogP contribution < -0.4 is 0 Å². The van der Waals surface area contributed by atoms with Crippen LogP contribution in [0.3, 0.4) is 0 Å². The Morgan fingerprint density at radius 2 is 2.00 bits per heavy atom. The van der Waals surface area contributed by atoms with E-state index in [0.717, 1.165) is 0 Å². The maximum atomic E-state index is 8.74. The van der Waals surface area contributed by atoms with Gasteiger partial charge >= 0.3 is 33.1 Å². The zero-order chi connectivity index (χ0) is 3.58. The van der Waals surface area contributed by atoms with Crippen LogP contribution in [0.2, 0.25) is 0 Å². The molecule has 3 nitrogen and oxygen atoms in total. The number of nitro groups is 1. The van der Waals surface area contributed by atoms with Crippen molar-refractivity contribution in [1.82, 2.24) is 0 Å². The Bertz CT molecular complexity index is 29.0. The number of rotatable bonds is 0. The Morgan fingerprint density at radius 3 is 2.00 bits per heavy atom. The SMILES string of the molecule is O=[N+]([O-])[Pd]. The molecule has 0 aromatic carbocycles. The molecule has 0 aromatic heterocycles. The van der Waals surface area contributed by atoms with Gasteiger partial charge in [-0.25, -0.2) is 0 Å². The molecule has 0 atom stereocenters. The maximum absolute atomic E-state index is 8.74. The predicted molar refractivity (Wildman–Crippen MR) is 6.99 cm³/mol. The van der Waals surface area contributed by atoms with Gasteiger partial charge in [0.05, 0.1) is 0 Å². The molecule has 4 heavy (non-hydrogen) atoms. The van der Waals surface area contributed by atoms with E-state index in [9.17, 15) is 0 Å². The van der Waals surface area contributed by atoms with Crippen molar-refractivity contribution >= 4 is 0 Å². The topological polar surface area (TPSA) is 43.1 Å². The molecule has 0 bridgehead atoms. The van der Waals surface area contributed by atoms with Crippen molar-refractivity contribution in [2.45, 2.75) is 0 Å². The number of hydrogen-bond acceptors (Lipinski definition) is 2. The molecule has 0 amide bonds. The van der Waals surface area contributed by atoms with Gasteiger partial charge < -0.3 is 0 Å². The zero-order valence-corrected chi connectivity index (χ0v) is 3.13. The summed E-state index contributed by atoms with van der Waals surface area (Å²) < 4.78 is -0.650. The third-order valence-corrected chi connectivity index (χ3v) is 0. The van der Waals surface area contributed by atoms with E-state index >= 15 is 0 Å². The summed E-state index contributed by atoms with van der Waals surface area (Å²) in [6, 6.07) is 0. The van der Waals surface area contributed by atoms with Crippen molar-refractivity contribution in [2.75, 3.05) is 0 Å². The summed E-state index contributed by atoms with van der Waals surface area (Å²) in [6.45, 7) is 0. The van der Waals surface area contributed by atoms with E-state index in [1.165, 1.54) is 0 Å². The van der Waals surface area contributed by atoms with E-state index in [-0.39, 0.29) is 0 Å². The van der Waals surface area contributed by atoms with Crippen LogP contribution in [-0.4, -0.2) is 3.56 Å². The summed E-state index contributed by atoms with van der Waals surface area (Å²) in [6.07, 6.45) is 0. The average molecular weight is 152 g/mol. The van der Waals surface area contributed by atoms with Gasteiger partial charge in [0.2, 0.25) is 0 Å². The molecule has 0 rings (SSSR count). The first-order valence-corrected chi connectivity index (χ1v) is 1.20. The molecule has 0 N–H and O–H groups in total. The minimum atomic E-state index is -0.650.